The average molecular weight is 632 g/mol. The van der Waals surface area contributed by atoms with Crippen LogP contribution in [0.4, 0.5) is 5.82 Å². The number of hydrogen-bond donors (Lipinski definition) is 1. The number of ether oxygens (including phenoxy) is 2. The van der Waals surface area contributed by atoms with Crippen molar-refractivity contribution in [1.29, 1.82) is 0 Å². The third-order valence-electron chi connectivity index (χ3n) is 8.31. The molecule has 0 aliphatic carbocycles. The van der Waals surface area contributed by atoms with Crippen molar-refractivity contribution in [3.63, 3.8) is 0 Å². The summed E-state index contributed by atoms with van der Waals surface area (Å²) in [7, 11) is -3.55. The summed E-state index contributed by atoms with van der Waals surface area (Å²) < 4.78 is 39.8. The quantitative estimate of drug-likeness (QED) is 0.184. The van der Waals surface area contributed by atoms with Gasteiger partial charge in [0.05, 0.1) is 29.7 Å². The zero-order valence-corrected chi connectivity index (χ0v) is 27.8. The Hall–Kier alpha value is -3.73. The summed E-state index contributed by atoms with van der Waals surface area (Å²) >= 11 is 0. The minimum absolute atomic E-state index is 0.0785. The van der Waals surface area contributed by atoms with Gasteiger partial charge in [0.15, 0.2) is 11.5 Å². The molecule has 1 aromatic heterocycles. The summed E-state index contributed by atoms with van der Waals surface area (Å²) in [5.74, 6) is 3.39. The highest BCUT2D eigenvalue weighted by Crippen LogP contribution is 2.30. The second-order valence-electron chi connectivity index (χ2n) is 11.6. The van der Waals surface area contributed by atoms with Gasteiger partial charge in [0.25, 0.3) is 0 Å². The van der Waals surface area contributed by atoms with E-state index in [9.17, 15) is 8.42 Å². The van der Waals surface area contributed by atoms with Crippen LogP contribution >= 0.6 is 0 Å². The van der Waals surface area contributed by atoms with Crippen molar-refractivity contribution in [2.24, 2.45) is 0 Å². The van der Waals surface area contributed by atoms with Gasteiger partial charge in [-0.05, 0) is 80.6 Å². The van der Waals surface area contributed by atoms with Gasteiger partial charge in [0, 0.05) is 38.1 Å². The van der Waals surface area contributed by atoms with Crippen LogP contribution in [0.1, 0.15) is 63.5 Å². The van der Waals surface area contributed by atoms with Crippen LogP contribution in [0.15, 0.2) is 71.6 Å². The molecule has 1 fully saturated rings. The maximum absolute atomic E-state index is 13.4. The molecule has 5 rings (SSSR count). The standard InChI is InChI=1S/C35H45N5O4S/c1-6-43-32-17-12-27(24-33(32)44-7-2)18-19-36-35-30-10-8-9-11-31(30)37-34(38-35)26(5)39-20-22-40(23-21-39)45(41,42)29-15-13-28(14-16-29)25(3)4/h8-17,24-26H,6-7,18-23H2,1-5H3,(H,36,37,38). The Morgan fingerprint density at radius 1 is 0.844 bits per heavy atom. The molecule has 1 aliphatic rings. The Bertz CT molecular complexity index is 1690. The molecule has 0 spiro atoms. The van der Waals surface area contributed by atoms with Gasteiger partial charge in [-0.3, -0.25) is 4.90 Å². The predicted octanol–water partition coefficient (Wildman–Crippen LogP) is 6.27. The van der Waals surface area contributed by atoms with Crippen LogP contribution < -0.4 is 14.8 Å². The Balaban J connectivity index is 1.26. The maximum atomic E-state index is 13.4. The number of anilines is 1. The van der Waals surface area contributed by atoms with Crippen LogP contribution in [-0.4, -0.2) is 73.5 Å². The number of hydrogen-bond acceptors (Lipinski definition) is 8. The molecule has 1 unspecified atom stereocenters. The molecule has 4 aromatic rings. The van der Waals surface area contributed by atoms with Crippen LogP contribution in [0.3, 0.4) is 0 Å². The SMILES string of the molecule is CCOc1ccc(CCNc2nc(C(C)N3CCN(S(=O)(=O)c4ccc(C(C)C)cc4)CC3)nc3ccccc23)cc1OCC. The molecule has 1 atom stereocenters. The Labute approximate surface area is 267 Å². The molecule has 3 aromatic carbocycles. The van der Waals surface area contributed by atoms with Crippen molar-refractivity contribution >= 4 is 26.7 Å². The highest BCUT2D eigenvalue weighted by molar-refractivity contribution is 7.89. The van der Waals surface area contributed by atoms with E-state index in [2.05, 4.69) is 37.1 Å². The lowest BCUT2D eigenvalue weighted by Crippen LogP contribution is -2.49. The van der Waals surface area contributed by atoms with Crippen molar-refractivity contribution in [3.05, 3.63) is 83.7 Å². The molecule has 0 bridgehead atoms. The Morgan fingerprint density at radius 3 is 2.22 bits per heavy atom. The summed E-state index contributed by atoms with van der Waals surface area (Å²) in [5.41, 5.74) is 3.15. The lowest BCUT2D eigenvalue weighted by Gasteiger charge is -2.37. The number of nitrogens with zero attached hydrogens (tertiary/aromatic N) is 4. The van der Waals surface area contributed by atoms with E-state index in [-0.39, 0.29) is 6.04 Å². The fourth-order valence-electron chi connectivity index (χ4n) is 5.66. The van der Waals surface area contributed by atoms with E-state index in [1.54, 1.807) is 16.4 Å². The topological polar surface area (TPSA) is 96.9 Å². The number of benzene rings is 3. The van der Waals surface area contributed by atoms with Crippen molar-refractivity contribution in [1.82, 2.24) is 19.2 Å². The Morgan fingerprint density at radius 2 is 1.53 bits per heavy atom. The van der Waals surface area contributed by atoms with Crippen LogP contribution in [0.2, 0.25) is 0 Å². The number of rotatable bonds is 13. The van der Waals surface area contributed by atoms with Crippen molar-refractivity contribution in [3.8, 4) is 11.5 Å². The third-order valence-corrected chi connectivity index (χ3v) is 10.2. The minimum atomic E-state index is -3.55. The first kappa shape index (κ1) is 32.7. The maximum Gasteiger partial charge on any atom is 0.243 e. The van der Waals surface area contributed by atoms with Gasteiger partial charge in [0.1, 0.15) is 11.6 Å². The second kappa shape index (κ2) is 14.6. The zero-order chi connectivity index (χ0) is 32.0. The highest BCUT2D eigenvalue weighted by atomic mass is 32.2. The number of nitrogens with one attached hydrogen (secondary N) is 1. The second-order valence-corrected chi connectivity index (χ2v) is 13.5. The largest absolute Gasteiger partial charge is 0.490 e. The van der Waals surface area contributed by atoms with Gasteiger partial charge >= 0.3 is 0 Å². The third kappa shape index (κ3) is 7.57. The van der Waals surface area contributed by atoms with Gasteiger partial charge < -0.3 is 14.8 Å². The summed E-state index contributed by atoms with van der Waals surface area (Å²) in [4.78, 5) is 12.5. The fourth-order valence-corrected chi connectivity index (χ4v) is 7.08. The lowest BCUT2D eigenvalue weighted by molar-refractivity contribution is 0.141. The number of sulfonamides is 1. The van der Waals surface area contributed by atoms with Gasteiger partial charge in [-0.25, -0.2) is 18.4 Å². The first-order valence-corrected chi connectivity index (χ1v) is 17.4. The summed E-state index contributed by atoms with van der Waals surface area (Å²) in [6.45, 7) is 14.1. The van der Waals surface area contributed by atoms with E-state index < -0.39 is 10.0 Å². The molecule has 10 heteroatoms. The van der Waals surface area contributed by atoms with Crippen LogP contribution in [0, 0.1) is 0 Å². The predicted molar refractivity (Wildman–Crippen MR) is 180 cm³/mol. The van der Waals surface area contributed by atoms with E-state index in [0.717, 1.165) is 51.6 Å². The van der Waals surface area contributed by atoms with Crippen molar-refractivity contribution in [2.45, 2.75) is 57.9 Å². The highest BCUT2D eigenvalue weighted by Gasteiger charge is 2.31. The van der Waals surface area contributed by atoms with Crippen molar-refractivity contribution < 1.29 is 17.9 Å². The molecule has 2 heterocycles. The van der Waals surface area contributed by atoms with E-state index >= 15 is 0 Å². The normalized spacial score (nSPS) is 15.3. The lowest BCUT2D eigenvalue weighted by atomic mass is 10.0. The summed E-state index contributed by atoms with van der Waals surface area (Å²) in [6.07, 6.45) is 0.784. The van der Waals surface area contributed by atoms with Crippen LogP contribution in [0.5, 0.6) is 11.5 Å². The molecule has 0 amide bonds. The van der Waals surface area contributed by atoms with E-state index in [4.69, 9.17) is 19.4 Å². The van der Waals surface area contributed by atoms with E-state index in [0.29, 0.717) is 56.8 Å². The summed E-state index contributed by atoms with van der Waals surface area (Å²) in [6, 6.07) is 21.3. The Kier molecular flexibility index (Phi) is 10.6. The number of aromatic nitrogens is 2. The van der Waals surface area contributed by atoms with Gasteiger partial charge in [0.2, 0.25) is 10.0 Å². The first-order chi connectivity index (χ1) is 21.7. The smallest absolute Gasteiger partial charge is 0.243 e. The minimum Gasteiger partial charge on any atom is -0.490 e. The number of para-hydroxylation sites is 1. The van der Waals surface area contributed by atoms with Crippen molar-refractivity contribution in [2.75, 3.05) is 51.3 Å². The van der Waals surface area contributed by atoms with E-state index in [1.807, 2.05) is 62.4 Å². The molecule has 1 aliphatic heterocycles. The van der Waals surface area contributed by atoms with Gasteiger partial charge in [-0.2, -0.15) is 4.31 Å². The summed E-state index contributed by atoms with van der Waals surface area (Å²) in [5, 5.41) is 4.52. The molecule has 45 heavy (non-hydrogen) atoms. The van der Waals surface area contributed by atoms with Gasteiger partial charge in [-0.1, -0.05) is 44.2 Å². The van der Waals surface area contributed by atoms with Gasteiger partial charge in [-0.15, -0.1) is 0 Å². The van der Waals surface area contributed by atoms with E-state index in [1.165, 1.54) is 0 Å². The fraction of sp³-hybridized carbons (Fsp3) is 0.429. The van der Waals surface area contributed by atoms with Crippen LogP contribution in [0.25, 0.3) is 10.9 Å². The molecular weight excluding hydrogens is 586 g/mol. The number of fused-ring (bicyclic) bond motifs is 1. The molecule has 0 radical (unpaired) electrons. The number of piperazine rings is 1. The van der Waals surface area contributed by atoms with Crippen LogP contribution in [-0.2, 0) is 16.4 Å². The molecule has 240 valence electrons. The first-order valence-electron chi connectivity index (χ1n) is 15.9. The molecule has 0 saturated carbocycles. The molecule has 1 N–H and O–H groups in total. The zero-order valence-electron chi connectivity index (χ0n) is 27.0. The molecular formula is C35H45N5O4S. The average Bonchev–Trinajstić information content (AvgIpc) is 3.05. The monoisotopic (exact) mass is 631 g/mol. The molecule has 9 nitrogen and oxygen atoms in total. The molecule has 1 saturated heterocycles.